The van der Waals surface area contributed by atoms with Gasteiger partial charge in [0.05, 0.1) is 5.69 Å². The Morgan fingerprint density at radius 3 is 2.68 bits per heavy atom. The lowest BCUT2D eigenvalue weighted by molar-refractivity contribution is 0.439. The highest BCUT2D eigenvalue weighted by Gasteiger charge is 2.20. The first-order valence-electron chi connectivity index (χ1n) is 7.19. The summed E-state index contributed by atoms with van der Waals surface area (Å²) < 4.78 is 2.79. The molecule has 0 N–H and O–H groups in total. The number of rotatable bonds is 1. The van der Waals surface area contributed by atoms with Crippen molar-refractivity contribution in [2.75, 3.05) is 0 Å². The summed E-state index contributed by atoms with van der Waals surface area (Å²) in [4.78, 5) is 4.76. The lowest BCUT2D eigenvalue weighted by atomic mass is 9.85. The molecule has 2 aromatic heterocycles. The normalized spacial score (nSPS) is 17.3. The van der Waals surface area contributed by atoms with E-state index in [0.29, 0.717) is 5.92 Å². The van der Waals surface area contributed by atoms with E-state index in [1.165, 1.54) is 58.0 Å². The third-order valence-electron chi connectivity index (χ3n) is 4.31. The highest BCUT2D eigenvalue weighted by Crippen LogP contribution is 2.41. The zero-order valence-electron chi connectivity index (χ0n) is 10.9. The van der Waals surface area contributed by atoms with Crippen LogP contribution in [0.25, 0.3) is 20.2 Å². The summed E-state index contributed by atoms with van der Waals surface area (Å²) in [5, 5.41) is 2.83. The number of hydrogen-bond donors (Lipinski definition) is 0. The molecule has 0 atom stereocenters. The van der Waals surface area contributed by atoms with E-state index in [2.05, 4.69) is 30.3 Å². The second-order valence-electron chi connectivity index (χ2n) is 5.50. The molecule has 0 radical (unpaired) electrons. The SMILES string of the molecule is c1ccc2c(c1)sc1ccnc(C3CCCCC3)c12. The van der Waals surface area contributed by atoms with E-state index < -0.39 is 0 Å². The molecule has 0 bridgehead atoms. The van der Waals surface area contributed by atoms with E-state index in [1.807, 2.05) is 17.5 Å². The van der Waals surface area contributed by atoms with Gasteiger partial charge in [-0.05, 0) is 25.0 Å². The Bertz CT molecular complexity index is 722. The van der Waals surface area contributed by atoms with Gasteiger partial charge in [-0.25, -0.2) is 0 Å². The van der Waals surface area contributed by atoms with Crippen molar-refractivity contribution in [2.24, 2.45) is 0 Å². The molecule has 0 saturated heterocycles. The van der Waals surface area contributed by atoms with Crippen LogP contribution in [-0.4, -0.2) is 4.98 Å². The lowest BCUT2D eigenvalue weighted by Gasteiger charge is -2.21. The first-order chi connectivity index (χ1) is 9.43. The molecule has 4 rings (SSSR count). The number of fused-ring (bicyclic) bond motifs is 3. The topological polar surface area (TPSA) is 12.9 Å². The van der Waals surface area contributed by atoms with Gasteiger partial charge in [0, 0.05) is 32.3 Å². The molecule has 0 unspecified atom stereocenters. The fourth-order valence-corrected chi connectivity index (χ4v) is 4.49. The summed E-state index contributed by atoms with van der Waals surface area (Å²) in [7, 11) is 0. The largest absolute Gasteiger partial charge is 0.260 e. The molecule has 1 nitrogen and oxygen atoms in total. The number of nitrogens with zero attached hydrogens (tertiary/aromatic N) is 1. The molecule has 1 aliphatic carbocycles. The Morgan fingerprint density at radius 2 is 1.79 bits per heavy atom. The summed E-state index contributed by atoms with van der Waals surface area (Å²) in [6.45, 7) is 0. The van der Waals surface area contributed by atoms with Gasteiger partial charge in [0.15, 0.2) is 0 Å². The maximum atomic E-state index is 4.76. The molecule has 1 aliphatic rings. The Balaban J connectivity index is 1.98. The van der Waals surface area contributed by atoms with E-state index in [4.69, 9.17) is 4.98 Å². The quantitative estimate of drug-likeness (QED) is 0.567. The van der Waals surface area contributed by atoms with Crippen LogP contribution in [0.2, 0.25) is 0 Å². The predicted molar refractivity (Wildman–Crippen MR) is 83.0 cm³/mol. The van der Waals surface area contributed by atoms with Gasteiger partial charge in [-0.3, -0.25) is 4.98 Å². The van der Waals surface area contributed by atoms with Crippen molar-refractivity contribution in [3.63, 3.8) is 0 Å². The Kier molecular flexibility index (Phi) is 2.77. The summed E-state index contributed by atoms with van der Waals surface area (Å²) in [6.07, 6.45) is 8.76. The Morgan fingerprint density at radius 1 is 0.947 bits per heavy atom. The molecular weight excluding hydrogens is 250 g/mol. The summed E-state index contributed by atoms with van der Waals surface area (Å²) in [5.41, 5.74) is 1.36. The van der Waals surface area contributed by atoms with Crippen LogP contribution in [0.5, 0.6) is 0 Å². The van der Waals surface area contributed by atoms with Gasteiger partial charge in [0.1, 0.15) is 0 Å². The number of aromatic nitrogens is 1. The van der Waals surface area contributed by atoms with Crippen molar-refractivity contribution in [1.29, 1.82) is 0 Å². The van der Waals surface area contributed by atoms with Gasteiger partial charge >= 0.3 is 0 Å². The van der Waals surface area contributed by atoms with Gasteiger partial charge in [0.25, 0.3) is 0 Å². The van der Waals surface area contributed by atoms with Gasteiger partial charge in [-0.2, -0.15) is 0 Å². The maximum absolute atomic E-state index is 4.76. The number of hydrogen-bond acceptors (Lipinski definition) is 2. The smallest absolute Gasteiger partial charge is 0.0527 e. The van der Waals surface area contributed by atoms with Crippen molar-refractivity contribution in [3.8, 4) is 0 Å². The molecule has 2 heterocycles. The van der Waals surface area contributed by atoms with E-state index in [1.54, 1.807) is 0 Å². The zero-order valence-corrected chi connectivity index (χ0v) is 11.7. The van der Waals surface area contributed by atoms with Crippen molar-refractivity contribution < 1.29 is 0 Å². The second kappa shape index (κ2) is 4.61. The Labute approximate surface area is 117 Å². The maximum Gasteiger partial charge on any atom is 0.0527 e. The van der Waals surface area contributed by atoms with Crippen LogP contribution < -0.4 is 0 Å². The molecule has 19 heavy (non-hydrogen) atoms. The first kappa shape index (κ1) is 11.4. The van der Waals surface area contributed by atoms with Gasteiger partial charge in [-0.15, -0.1) is 11.3 Å². The van der Waals surface area contributed by atoms with Crippen LogP contribution in [0.15, 0.2) is 36.5 Å². The summed E-state index contributed by atoms with van der Waals surface area (Å²) >= 11 is 1.90. The van der Waals surface area contributed by atoms with Crippen LogP contribution >= 0.6 is 11.3 Å². The van der Waals surface area contributed by atoms with Gasteiger partial charge < -0.3 is 0 Å². The van der Waals surface area contributed by atoms with E-state index >= 15 is 0 Å². The average Bonchev–Trinajstić information content (AvgIpc) is 2.86. The van der Waals surface area contributed by atoms with E-state index in [9.17, 15) is 0 Å². The van der Waals surface area contributed by atoms with Crippen LogP contribution in [0, 0.1) is 0 Å². The zero-order chi connectivity index (χ0) is 12.7. The van der Waals surface area contributed by atoms with Crippen LogP contribution in [0.4, 0.5) is 0 Å². The van der Waals surface area contributed by atoms with E-state index in [0.717, 1.165) is 0 Å². The molecule has 3 aromatic rings. The van der Waals surface area contributed by atoms with Crippen LogP contribution in [0.3, 0.4) is 0 Å². The fraction of sp³-hybridized carbons (Fsp3) is 0.353. The molecule has 1 aromatic carbocycles. The summed E-state index contributed by atoms with van der Waals surface area (Å²) in [5.74, 6) is 0.676. The third kappa shape index (κ3) is 1.86. The van der Waals surface area contributed by atoms with Gasteiger partial charge in [0.2, 0.25) is 0 Å². The van der Waals surface area contributed by atoms with Crippen molar-refractivity contribution in [2.45, 2.75) is 38.0 Å². The molecule has 0 amide bonds. The van der Waals surface area contributed by atoms with Crippen molar-refractivity contribution in [3.05, 3.63) is 42.2 Å². The molecule has 0 spiro atoms. The highest BCUT2D eigenvalue weighted by atomic mass is 32.1. The monoisotopic (exact) mass is 267 g/mol. The second-order valence-corrected chi connectivity index (χ2v) is 6.59. The van der Waals surface area contributed by atoms with Crippen LogP contribution in [-0.2, 0) is 0 Å². The lowest BCUT2D eigenvalue weighted by Crippen LogP contribution is -2.06. The minimum atomic E-state index is 0.676. The highest BCUT2D eigenvalue weighted by molar-refractivity contribution is 7.25. The standard InChI is InChI=1S/C17H17NS/c1-2-6-12(7-3-1)17-16-13-8-4-5-9-14(13)19-15(16)10-11-18-17/h4-5,8-12H,1-3,6-7H2. The third-order valence-corrected chi connectivity index (χ3v) is 5.45. The van der Waals surface area contributed by atoms with Gasteiger partial charge in [-0.1, -0.05) is 37.5 Å². The van der Waals surface area contributed by atoms with Crippen molar-refractivity contribution in [1.82, 2.24) is 4.98 Å². The minimum Gasteiger partial charge on any atom is -0.260 e. The number of thiophene rings is 1. The average molecular weight is 267 g/mol. The molecule has 1 saturated carbocycles. The van der Waals surface area contributed by atoms with Crippen molar-refractivity contribution >= 4 is 31.5 Å². The Hall–Kier alpha value is -1.41. The molecule has 0 aliphatic heterocycles. The molecular formula is C17H17NS. The molecule has 96 valence electrons. The fourth-order valence-electron chi connectivity index (χ4n) is 3.38. The number of pyridine rings is 1. The predicted octanol–water partition coefficient (Wildman–Crippen LogP) is 5.50. The first-order valence-corrected chi connectivity index (χ1v) is 8.01. The minimum absolute atomic E-state index is 0.676. The number of benzene rings is 1. The molecule has 2 heteroatoms. The molecule has 1 fully saturated rings. The van der Waals surface area contributed by atoms with Crippen LogP contribution in [0.1, 0.15) is 43.7 Å². The summed E-state index contributed by atoms with van der Waals surface area (Å²) in [6, 6.07) is 10.9. The van der Waals surface area contributed by atoms with E-state index in [-0.39, 0.29) is 0 Å².